The number of aromatic amines is 1. The molecule has 0 radical (unpaired) electrons. The molecule has 1 saturated carbocycles. The first kappa shape index (κ1) is 33.6. The summed E-state index contributed by atoms with van der Waals surface area (Å²) in [6.07, 6.45) is -0.0337. The van der Waals surface area contributed by atoms with Crippen molar-refractivity contribution in [3.8, 4) is 0 Å². The Morgan fingerprint density at radius 3 is 2.60 bits per heavy atom. The van der Waals surface area contributed by atoms with Crippen LogP contribution in [0.1, 0.15) is 37.7 Å². The number of carbonyl (C=O) groups is 1. The third-order valence-electron chi connectivity index (χ3n) is 8.53. The topological polar surface area (TPSA) is 207 Å². The van der Waals surface area contributed by atoms with Crippen molar-refractivity contribution in [3.05, 3.63) is 54.1 Å². The molecular weight excluding hydrogens is 654 g/mol. The summed E-state index contributed by atoms with van der Waals surface area (Å²) in [4.78, 5) is 19.9. The van der Waals surface area contributed by atoms with E-state index in [9.17, 15) is 26.7 Å². The molecule has 3 aromatic rings. The van der Waals surface area contributed by atoms with Crippen LogP contribution in [0.25, 0.3) is 11.0 Å². The fourth-order valence-corrected chi connectivity index (χ4v) is 7.82. The molecule has 5 N–H and O–H groups in total. The van der Waals surface area contributed by atoms with Crippen molar-refractivity contribution in [2.45, 2.75) is 80.3 Å². The third kappa shape index (κ3) is 8.40. The average molecular weight is 694 g/mol. The highest BCUT2D eigenvalue weighted by molar-refractivity contribution is 7.92. The molecule has 0 bridgehead atoms. The molecule has 6 atom stereocenters. The number of ether oxygens (including phenoxy) is 4. The van der Waals surface area contributed by atoms with E-state index >= 15 is 0 Å². The molecule has 6 rings (SSSR count). The summed E-state index contributed by atoms with van der Waals surface area (Å²) in [5, 5.41) is 14.6. The van der Waals surface area contributed by atoms with Crippen LogP contribution in [0.3, 0.4) is 0 Å². The molecular formula is C30H39N5O10S2. The predicted octanol–water partition coefficient (Wildman–Crippen LogP) is 1.96. The number of H-pyrrole nitrogens is 1. The van der Waals surface area contributed by atoms with E-state index in [1.165, 1.54) is 18.2 Å². The second-order valence-electron chi connectivity index (χ2n) is 12.1. The minimum absolute atomic E-state index is 0.0651. The SMILES string of the molecule is CS(=O)(=O)Nc1nc2ccc(S(=O)(=O)NC(OC3CCCC3)[C@H](O)[C@H](Cc3ccccc3)NC(=O)OC3COC4OCCC34)cc2[nH]1. The van der Waals surface area contributed by atoms with E-state index in [4.69, 9.17) is 18.9 Å². The van der Waals surface area contributed by atoms with Gasteiger partial charge in [-0.15, -0.1) is 0 Å². The molecule has 3 heterocycles. The Bertz CT molecular complexity index is 1770. The van der Waals surface area contributed by atoms with Gasteiger partial charge in [0.05, 0.1) is 53.5 Å². The second kappa shape index (κ2) is 14.0. The first-order valence-electron chi connectivity index (χ1n) is 15.5. The Hall–Kier alpha value is -3.32. The highest BCUT2D eigenvalue weighted by Crippen LogP contribution is 2.33. The molecule has 1 amide bonds. The van der Waals surface area contributed by atoms with E-state index in [0.717, 1.165) is 24.7 Å². The maximum absolute atomic E-state index is 13.8. The van der Waals surface area contributed by atoms with Crippen LogP contribution in [0, 0.1) is 5.92 Å². The fourth-order valence-electron chi connectivity index (χ4n) is 6.22. The summed E-state index contributed by atoms with van der Waals surface area (Å²) in [5.41, 5.74) is 1.39. The largest absolute Gasteiger partial charge is 0.443 e. The van der Waals surface area contributed by atoms with E-state index in [0.29, 0.717) is 31.4 Å². The number of rotatable bonds is 13. The minimum Gasteiger partial charge on any atom is -0.443 e. The molecule has 15 nitrogen and oxygen atoms in total. The molecule has 2 aromatic carbocycles. The summed E-state index contributed by atoms with van der Waals surface area (Å²) in [7, 11) is -7.94. The van der Waals surface area contributed by atoms with Gasteiger partial charge in [-0.1, -0.05) is 43.2 Å². The van der Waals surface area contributed by atoms with Crippen molar-refractivity contribution in [3.63, 3.8) is 0 Å². The lowest BCUT2D eigenvalue weighted by Gasteiger charge is -2.33. The van der Waals surface area contributed by atoms with Crippen molar-refractivity contribution in [2.24, 2.45) is 5.92 Å². The number of fused-ring (bicyclic) bond motifs is 2. The first-order chi connectivity index (χ1) is 22.4. The first-order valence-corrected chi connectivity index (χ1v) is 18.9. The van der Waals surface area contributed by atoms with Gasteiger partial charge in [-0.2, -0.15) is 4.72 Å². The number of aliphatic hydroxyl groups is 1. The van der Waals surface area contributed by atoms with Gasteiger partial charge >= 0.3 is 6.09 Å². The van der Waals surface area contributed by atoms with Gasteiger partial charge in [-0.3, -0.25) is 4.72 Å². The number of hydrogen-bond donors (Lipinski definition) is 5. The Labute approximate surface area is 272 Å². The Balaban J connectivity index is 1.24. The van der Waals surface area contributed by atoms with Crippen LogP contribution in [0.4, 0.5) is 10.7 Å². The molecule has 3 aliphatic rings. The van der Waals surface area contributed by atoms with Crippen molar-refractivity contribution in [2.75, 3.05) is 24.2 Å². The molecule has 1 aromatic heterocycles. The summed E-state index contributed by atoms with van der Waals surface area (Å²) in [5.74, 6) is -0.154. The molecule has 17 heteroatoms. The number of sulfonamides is 2. The minimum atomic E-state index is -4.32. The summed E-state index contributed by atoms with van der Waals surface area (Å²) >= 11 is 0. The molecule has 47 heavy (non-hydrogen) atoms. The molecule has 2 aliphatic heterocycles. The monoisotopic (exact) mass is 693 g/mol. The molecule has 0 spiro atoms. The van der Waals surface area contributed by atoms with E-state index in [1.807, 2.05) is 30.3 Å². The average Bonchev–Trinajstić information content (AvgIpc) is 3.82. The number of aliphatic hydroxyl groups excluding tert-OH is 1. The molecule has 2 saturated heterocycles. The van der Waals surface area contributed by atoms with Gasteiger partial charge < -0.3 is 34.4 Å². The standard InChI is InChI=1S/C30H39N5O10S2/c1-46(38,39)35-29-31-22-12-11-20(16-23(22)32-29)47(40,41)34-27(44-19-9-5-6-10-19)26(36)24(15-18-7-3-2-4-8-18)33-30(37)45-25-17-43-28-21(25)13-14-42-28/h2-4,7-8,11-12,16,19,21,24-28,34,36H,5-6,9-10,13-15,17H2,1H3,(H,33,37)(H2,31,32,35)/t21?,24-,25?,26+,27?,28?/m0/s1. The predicted molar refractivity (Wildman–Crippen MR) is 169 cm³/mol. The molecule has 1 aliphatic carbocycles. The fraction of sp³-hybridized carbons (Fsp3) is 0.533. The maximum atomic E-state index is 13.8. The van der Waals surface area contributed by atoms with E-state index in [1.54, 1.807) is 0 Å². The highest BCUT2D eigenvalue weighted by Gasteiger charge is 2.44. The number of aromatic nitrogens is 2. The van der Waals surface area contributed by atoms with Crippen LogP contribution in [-0.4, -0.2) is 94.3 Å². The number of carbonyl (C=O) groups excluding carboxylic acids is 1. The molecule has 4 unspecified atom stereocenters. The van der Waals surface area contributed by atoms with Gasteiger partial charge in [0, 0.05) is 0 Å². The summed E-state index contributed by atoms with van der Waals surface area (Å²) in [6.45, 7) is 0.701. The Morgan fingerprint density at radius 2 is 1.85 bits per heavy atom. The van der Waals surface area contributed by atoms with Gasteiger partial charge in [-0.25, -0.2) is 26.6 Å². The van der Waals surface area contributed by atoms with Gasteiger partial charge in [0.2, 0.25) is 26.0 Å². The van der Waals surface area contributed by atoms with Crippen LogP contribution in [0.5, 0.6) is 0 Å². The molecule has 256 valence electrons. The zero-order valence-electron chi connectivity index (χ0n) is 25.7. The van der Waals surface area contributed by atoms with Crippen LogP contribution in [-0.2, 0) is 45.4 Å². The molecule has 3 fully saturated rings. The lowest BCUT2D eigenvalue weighted by atomic mass is 10.00. The van der Waals surface area contributed by atoms with E-state index in [-0.39, 0.29) is 41.4 Å². The number of nitrogens with zero attached hydrogens (tertiary/aromatic N) is 1. The number of anilines is 1. The normalized spacial score (nSPS) is 23.7. The van der Waals surface area contributed by atoms with Gasteiger partial charge in [-0.05, 0) is 49.4 Å². The lowest BCUT2D eigenvalue weighted by molar-refractivity contribution is -0.0912. The van der Waals surface area contributed by atoms with Gasteiger partial charge in [0.15, 0.2) is 6.29 Å². The number of benzene rings is 2. The van der Waals surface area contributed by atoms with Crippen molar-refractivity contribution in [1.29, 1.82) is 0 Å². The summed E-state index contributed by atoms with van der Waals surface area (Å²) < 4.78 is 78.5. The second-order valence-corrected chi connectivity index (χ2v) is 15.6. The van der Waals surface area contributed by atoms with Crippen molar-refractivity contribution >= 4 is 43.1 Å². The number of alkyl carbamates (subject to hydrolysis) is 1. The zero-order chi connectivity index (χ0) is 33.2. The lowest BCUT2D eigenvalue weighted by Crippen LogP contribution is -2.57. The quantitative estimate of drug-likeness (QED) is 0.164. The van der Waals surface area contributed by atoms with Crippen LogP contribution in [0.15, 0.2) is 53.4 Å². The Morgan fingerprint density at radius 1 is 1.09 bits per heavy atom. The van der Waals surface area contributed by atoms with E-state index < -0.39 is 56.9 Å². The third-order valence-corrected chi connectivity index (χ3v) is 10.5. The summed E-state index contributed by atoms with van der Waals surface area (Å²) in [6, 6.07) is 12.2. The maximum Gasteiger partial charge on any atom is 0.407 e. The van der Waals surface area contributed by atoms with Crippen LogP contribution >= 0.6 is 0 Å². The Kier molecular flexibility index (Phi) is 10.0. The number of amides is 1. The van der Waals surface area contributed by atoms with Crippen LogP contribution < -0.4 is 14.8 Å². The number of imidazole rings is 1. The number of nitrogens with one attached hydrogen (secondary N) is 4. The highest BCUT2D eigenvalue weighted by atomic mass is 32.2. The van der Waals surface area contributed by atoms with Crippen molar-refractivity contribution < 1.29 is 45.7 Å². The van der Waals surface area contributed by atoms with E-state index in [2.05, 4.69) is 24.7 Å². The van der Waals surface area contributed by atoms with Crippen molar-refractivity contribution in [1.82, 2.24) is 20.0 Å². The van der Waals surface area contributed by atoms with Gasteiger partial charge in [0.1, 0.15) is 18.4 Å². The van der Waals surface area contributed by atoms with Gasteiger partial charge in [0.25, 0.3) is 0 Å². The van der Waals surface area contributed by atoms with Crippen LogP contribution in [0.2, 0.25) is 0 Å². The smallest absolute Gasteiger partial charge is 0.407 e. The zero-order valence-corrected chi connectivity index (χ0v) is 27.3. The number of hydrogen-bond acceptors (Lipinski definition) is 11.